The molecule has 0 aliphatic rings. The van der Waals surface area contributed by atoms with Gasteiger partial charge in [0.15, 0.2) is 12.2 Å². The minimum absolute atomic E-state index is 0.106. The van der Waals surface area contributed by atoms with Gasteiger partial charge >= 0.3 is 39.5 Å². The van der Waals surface area contributed by atoms with Crippen molar-refractivity contribution < 1.29 is 80.2 Å². The molecule has 0 aromatic carbocycles. The summed E-state index contributed by atoms with van der Waals surface area (Å²) in [6.45, 7) is 9.65. The van der Waals surface area contributed by atoms with Gasteiger partial charge in [-0.2, -0.15) is 0 Å². The summed E-state index contributed by atoms with van der Waals surface area (Å²) >= 11 is 0. The summed E-state index contributed by atoms with van der Waals surface area (Å²) in [5.74, 6) is -0.514. The monoisotopic (exact) mass is 1410 g/mol. The summed E-state index contributed by atoms with van der Waals surface area (Å²) in [5.41, 5.74) is 0. The fourth-order valence-electron chi connectivity index (χ4n) is 11.8. The van der Waals surface area contributed by atoms with Crippen LogP contribution in [0.1, 0.15) is 401 Å². The molecule has 0 saturated heterocycles. The fraction of sp³-hybridized carbons (Fsp3) is 0.948. The second-order valence-electron chi connectivity index (χ2n) is 28.5. The topological polar surface area (TPSA) is 237 Å². The number of hydrogen-bond donors (Lipinski definition) is 3. The molecular weight excluding hydrogens is 1260 g/mol. The SMILES string of the molecule is CCCCCCCCCCCCCCCCC(=O)OC[C@H](COP(=O)(O)OC[C@@H](O)COP(=O)(O)OC[C@@H](COC(=O)CCCCCCCCCCCCC)OC(=O)CCCCCCCCCCCCC(C)C)OC(=O)CCCCCCCCCCCCCCCCC(C)CC. The van der Waals surface area contributed by atoms with Gasteiger partial charge in [0.05, 0.1) is 26.4 Å². The van der Waals surface area contributed by atoms with Gasteiger partial charge in [-0.1, -0.05) is 350 Å². The summed E-state index contributed by atoms with van der Waals surface area (Å²) in [5, 5.41) is 10.6. The Balaban J connectivity index is 5.25. The molecule has 570 valence electrons. The number of aliphatic hydroxyl groups is 1. The third-order valence-electron chi connectivity index (χ3n) is 18.3. The van der Waals surface area contributed by atoms with E-state index in [1.54, 1.807) is 0 Å². The highest BCUT2D eigenvalue weighted by Crippen LogP contribution is 2.45. The lowest BCUT2D eigenvalue weighted by Gasteiger charge is -2.21. The van der Waals surface area contributed by atoms with Crippen LogP contribution >= 0.6 is 15.6 Å². The Morgan fingerprint density at radius 3 is 0.792 bits per heavy atom. The van der Waals surface area contributed by atoms with Gasteiger partial charge in [-0.05, 0) is 37.5 Å². The summed E-state index contributed by atoms with van der Waals surface area (Å²) < 4.78 is 68.6. The maximum absolute atomic E-state index is 13.1. The molecule has 6 atom stereocenters. The minimum Gasteiger partial charge on any atom is -0.462 e. The quantitative estimate of drug-likeness (QED) is 0.0222. The molecule has 0 heterocycles. The molecule has 19 heteroatoms. The van der Waals surface area contributed by atoms with Crippen LogP contribution in [0.2, 0.25) is 0 Å². The zero-order valence-electron chi connectivity index (χ0n) is 62.7. The Hall–Kier alpha value is -1.94. The lowest BCUT2D eigenvalue weighted by Crippen LogP contribution is -2.30. The van der Waals surface area contributed by atoms with Gasteiger partial charge in [0.1, 0.15) is 19.3 Å². The van der Waals surface area contributed by atoms with Gasteiger partial charge in [0, 0.05) is 25.7 Å². The van der Waals surface area contributed by atoms with Gasteiger partial charge < -0.3 is 33.8 Å². The number of phosphoric ester groups is 2. The molecule has 0 aliphatic heterocycles. The van der Waals surface area contributed by atoms with Crippen LogP contribution in [-0.2, 0) is 65.4 Å². The highest BCUT2D eigenvalue weighted by Gasteiger charge is 2.30. The van der Waals surface area contributed by atoms with E-state index in [0.29, 0.717) is 25.7 Å². The first-order valence-electron chi connectivity index (χ1n) is 40.0. The standard InChI is InChI=1S/C77H150O17P2/c1-7-10-12-14-16-18-20-21-25-29-36-42-48-54-60-75(80)88-66-72(93-76(81)61-55-49-43-37-30-26-23-22-24-28-34-40-46-52-58-70(6)9-3)67-91-95(83,84)89-63-71(78)64-90-96(85,86)92-68-73(65-87-74(79)59-53-47-41-35-27-19-17-15-13-11-8-2)94-77(82)62-56-50-44-38-32-31-33-39-45-51-57-69(4)5/h69-73,78H,7-68H2,1-6H3,(H,83,84)(H,85,86)/t70?,71-,72-,73-/m1/s1. The maximum Gasteiger partial charge on any atom is 0.472 e. The Morgan fingerprint density at radius 2 is 0.531 bits per heavy atom. The molecule has 0 bridgehead atoms. The van der Waals surface area contributed by atoms with Crippen LogP contribution in [0.3, 0.4) is 0 Å². The van der Waals surface area contributed by atoms with Crippen molar-refractivity contribution in [2.24, 2.45) is 11.8 Å². The van der Waals surface area contributed by atoms with E-state index in [9.17, 15) is 43.2 Å². The highest BCUT2D eigenvalue weighted by atomic mass is 31.2. The van der Waals surface area contributed by atoms with Gasteiger partial charge in [-0.15, -0.1) is 0 Å². The van der Waals surface area contributed by atoms with Crippen molar-refractivity contribution in [3.8, 4) is 0 Å². The average molecular weight is 1410 g/mol. The first kappa shape index (κ1) is 94.1. The normalized spacial score (nSPS) is 14.3. The number of aliphatic hydroxyl groups excluding tert-OH is 1. The van der Waals surface area contributed by atoms with E-state index in [0.717, 1.165) is 102 Å². The first-order valence-corrected chi connectivity index (χ1v) is 43.0. The van der Waals surface area contributed by atoms with E-state index in [4.69, 9.17) is 37.0 Å². The summed E-state index contributed by atoms with van der Waals surface area (Å²) in [6.07, 6.45) is 56.6. The third-order valence-corrected chi connectivity index (χ3v) is 20.2. The smallest absolute Gasteiger partial charge is 0.462 e. The van der Waals surface area contributed by atoms with E-state index in [-0.39, 0.29) is 25.7 Å². The van der Waals surface area contributed by atoms with Crippen molar-refractivity contribution in [3.05, 3.63) is 0 Å². The number of rotatable bonds is 76. The first-order chi connectivity index (χ1) is 46.4. The fourth-order valence-corrected chi connectivity index (χ4v) is 13.4. The highest BCUT2D eigenvalue weighted by molar-refractivity contribution is 7.47. The predicted octanol–water partition coefficient (Wildman–Crippen LogP) is 22.7. The van der Waals surface area contributed by atoms with E-state index < -0.39 is 97.5 Å². The number of hydrogen-bond acceptors (Lipinski definition) is 15. The molecule has 0 saturated carbocycles. The molecule has 3 unspecified atom stereocenters. The Morgan fingerprint density at radius 1 is 0.302 bits per heavy atom. The molecule has 3 N–H and O–H groups in total. The number of phosphoric acid groups is 2. The summed E-state index contributed by atoms with van der Waals surface area (Å²) in [4.78, 5) is 72.9. The zero-order valence-corrected chi connectivity index (χ0v) is 64.5. The van der Waals surface area contributed by atoms with Crippen molar-refractivity contribution in [2.45, 2.75) is 419 Å². The number of carbonyl (C=O) groups excluding carboxylic acids is 4. The van der Waals surface area contributed by atoms with Crippen molar-refractivity contribution in [3.63, 3.8) is 0 Å². The number of esters is 4. The minimum atomic E-state index is -4.96. The van der Waals surface area contributed by atoms with Crippen LogP contribution in [0.15, 0.2) is 0 Å². The number of unbranched alkanes of at least 4 members (excludes halogenated alkanes) is 45. The zero-order chi connectivity index (χ0) is 70.7. The van der Waals surface area contributed by atoms with Gasteiger partial charge in [0.2, 0.25) is 0 Å². The molecule has 0 radical (unpaired) electrons. The van der Waals surface area contributed by atoms with Crippen LogP contribution in [-0.4, -0.2) is 96.7 Å². The van der Waals surface area contributed by atoms with Gasteiger partial charge in [0.25, 0.3) is 0 Å². The van der Waals surface area contributed by atoms with Crippen LogP contribution in [0, 0.1) is 11.8 Å². The average Bonchev–Trinajstić information content (AvgIpc) is 1.44. The summed E-state index contributed by atoms with van der Waals surface area (Å²) in [7, 11) is -9.91. The van der Waals surface area contributed by atoms with Crippen LogP contribution in [0.25, 0.3) is 0 Å². The molecule has 0 aromatic rings. The maximum atomic E-state index is 13.1. The van der Waals surface area contributed by atoms with Crippen molar-refractivity contribution >= 4 is 39.5 Å². The molecule has 0 fully saturated rings. The van der Waals surface area contributed by atoms with Crippen LogP contribution < -0.4 is 0 Å². The second-order valence-corrected chi connectivity index (χ2v) is 31.4. The number of ether oxygens (including phenoxy) is 4. The molecule has 0 aliphatic carbocycles. The lowest BCUT2D eigenvalue weighted by molar-refractivity contribution is -0.161. The summed E-state index contributed by atoms with van der Waals surface area (Å²) in [6, 6.07) is 0. The lowest BCUT2D eigenvalue weighted by atomic mass is 9.99. The Labute approximate surface area is 588 Å². The molecule has 17 nitrogen and oxygen atoms in total. The third kappa shape index (κ3) is 69.2. The molecule has 0 amide bonds. The largest absolute Gasteiger partial charge is 0.472 e. The van der Waals surface area contributed by atoms with Crippen molar-refractivity contribution in [1.82, 2.24) is 0 Å². The predicted molar refractivity (Wildman–Crippen MR) is 391 cm³/mol. The molecular formula is C77H150O17P2. The van der Waals surface area contributed by atoms with E-state index in [1.807, 2.05) is 0 Å². The van der Waals surface area contributed by atoms with E-state index in [1.165, 1.54) is 218 Å². The Kier molecular flexibility index (Phi) is 67.4. The molecule has 0 spiro atoms. The van der Waals surface area contributed by atoms with Crippen LogP contribution in [0.5, 0.6) is 0 Å². The van der Waals surface area contributed by atoms with Gasteiger partial charge in [-0.3, -0.25) is 37.3 Å². The van der Waals surface area contributed by atoms with Crippen LogP contribution in [0.4, 0.5) is 0 Å². The second kappa shape index (κ2) is 68.8. The van der Waals surface area contributed by atoms with E-state index >= 15 is 0 Å². The van der Waals surface area contributed by atoms with E-state index in [2.05, 4.69) is 41.5 Å². The Bertz CT molecular complexity index is 1860. The molecule has 0 aromatic heterocycles. The molecule has 96 heavy (non-hydrogen) atoms. The van der Waals surface area contributed by atoms with Crippen molar-refractivity contribution in [1.29, 1.82) is 0 Å². The number of carbonyl (C=O) groups is 4. The van der Waals surface area contributed by atoms with Gasteiger partial charge in [-0.25, -0.2) is 9.13 Å². The van der Waals surface area contributed by atoms with Crippen molar-refractivity contribution in [2.75, 3.05) is 39.6 Å². The molecule has 0 rings (SSSR count).